The van der Waals surface area contributed by atoms with Gasteiger partial charge in [0.2, 0.25) is 0 Å². The fraction of sp³-hybridized carbons (Fsp3) is 0.562. The number of hydrogen-bond acceptors (Lipinski definition) is 4. The summed E-state index contributed by atoms with van der Waals surface area (Å²) in [5.74, 6) is -0.917. The van der Waals surface area contributed by atoms with Crippen LogP contribution < -0.4 is 0 Å². The minimum Gasteiger partial charge on any atom is -0.466 e. The molecule has 0 unspecified atom stereocenters. The highest BCUT2D eigenvalue weighted by Gasteiger charge is 2.43. The minimum absolute atomic E-state index is 0.287. The number of allylic oxidation sites excluding steroid dienone is 5. The van der Waals surface area contributed by atoms with E-state index in [1.807, 2.05) is 12.2 Å². The highest BCUT2D eigenvalue weighted by Crippen LogP contribution is 2.43. The van der Waals surface area contributed by atoms with Crippen LogP contribution in [0.3, 0.4) is 0 Å². The summed E-state index contributed by atoms with van der Waals surface area (Å²) in [5, 5.41) is 0.855. The van der Waals surface area contributed by atoms with Crippen molar-refractivity contribution in [1.29, 1.82) is 0 Å². The third-order valence-electron chi connectivity index (χ3n) is 4.30. The molecule has 1 heterocycles. The zero-order chi connectivity index (χ0) is 14.9. The first-order valence-electron chi connectivity index (χ1n) is 7.27. The van der Waals surface area contributed by atoms with E-state index in [0.717, 1.165) is 36.3 Å². The Morgan fingerprint density at radius 1 is 1.24 bits per heavy atom. The second-order valence-corrected chi connectivity index (χ2v) is 6.02. The van der Waals surface area contributed by atoms with E-state index in [1.54, 1.807) is 0 Å². The van der Waals surface area contributed by atoms with E-state index < -0.39 is 5.79 Å². The van der Waals surface area contributed by atoms with E-state index in [1.165, 1.54) is 12.7 Å². The molecule has 1 fully saturated rings. The number of carbonyl (C=O) groups excluding carboxylic acids is 1. The summed E-state index contributed by atoms with van der Waals surface area (Å²) in [4.78, 5) is 12.2. The molecule has 0 aromatic heterocycles. The number of halogens is 1. The van der Waals surface area contributed by atoms with Gasteiger partial charge in [-0.25, -0.2) is 4.79 Å². The summed E-state index contributed by atoms with van der Waals surface area (Å²) in [6.45, 7) is 1.18. The van der Waals surface area contributed by atoms with Crippen molar-refractivity contribution in [1.82, 2.24) is 0 Å². The lowest BCUT2D eigenvalue weighted by atomic mass is 9.81. The number of hydrogen-bond donors (Lipinski definition) is 0. The van der Waals surface area contributed by atoms with Gasteiger partial charge in [0.05, 0.1) is 20.3 Å². The van der Waals surface area contributed by atoms with E-state index in [0.29, 0.717) is 25.2 Å². The molecule has 1 aliphatic heterocycles. The standard InChI is InChI=1S/C16H19ClO4/c1-19-15(18)14-10-16(20-8-9-21-16)7-6-13(14)11-2-4-12(17)5-3-11/h2,4H,3,5-10H2,1H3. The van der Waals surface area contributed by atoms with Crippen molar-refractivity contribution in [3.8, 4) is 0 Å². The molecule has 0 aromatic carbocycles. The van der Waals surface area contributed by atoms with Crippen LogP contribution in [-0.4, -0.2) is 32.1 Å². The number of carbonyl (C=O) groups is 1. The molecule has 1 spiro atoms. The zero-order valence-electron chi connectivity index (χ0n) is 12.1. The quantitative estimate of drug-likeness (QED) is 0.735. The summed E-state index contributed by atoms with van der Waals surface area (Å²) in [6.07, 6.45) is 7.61. The van der Waals surface area contributed by atoms with Gasteiger partial charge in [-0.3, -0.25) is 0 Å². The zero-order valence-corrected chi connectivity index (χ0v) is 12.9. The molecule has 4 nitrogen and oxygen atoms in total. The Morgan fingerprint density at radius 3 is 2.62 bits per heavy atom. The van der Waals surface area contributed by atoms with E-state index in [2.05, 4.69) is 0 Å². The summed E-state index contributed by atoms with van der Waals surface area (Å²) in [7, 11) is 1.41. The predicted molar refractivity (Wildman–Crippen MR) is 78.8 cm³/mol. The maximum atomic E-state index is 12.2. The summed E-state index contributed by atoms with van der Waals surface area (Å²) in [6, 6.07) is 0. The SMILES string of the molecule is COC(=O)C1=C(C2=CC=C(Cl)CC2)CCC2(C1)OCCO2. The topological polar surface area (TPSA) is 44.8 Å². The van der Waals surface area contributed by atoms with Crippen molar-refractivity contribution >= 4 is 17.6 Å². The van der Waals surface area contributed by atoms with Crippen LogP contribution >= 0.6 is 11.6 Å². The number of rotatable bonds is 2. The van der Waals surface area contributed by atoms with Gasteiger partial charge in [-0.2, -0.15) is 0 Å². The Morgan fingerprint density at radius 2 is 2.00 bits per heavy atom. The summed E-state index contributed by atoms with van der Waals surface area (Å²) >= 11 is 6.01. The number of esters is 1. The van der Waals surface area contributed by atoms with Crippen molar-refractivity contribution in [2.24, 2.45) is 0 Å². The molecule has 0 amide bonds. The second-order valence-electron chi connectivity index (χ2n) is 5.54. The third kappa shape index (κ3) is 2.93. The van der Waals surface area contributed by atoms with Gasteiger partial charge < -0.3 is 14.2 Å². The molecule has 0 N–H and O–H groups in total. The Kier molecular flexibility index (Phi) is 4.20. The lowest BCUT2D eigenvalue weighted by molar-refractivity contribution is -0.167. The van der Waals surface area contributed by atoms with Gasteiger partial charge >= 0.3 is 5.97 Å². The molecule has 21 heavy (non-hydrogen) atoms. The van der Waals surface area contributed by atoms with Crippen molar-refractivity contribution in [3.05, 3.63) is 33.9 Å². The molecule has 0 bridgehead atoms. The van der Waals surface area contributed by atoms with Crippen LogP contribution in [0, 0.1) is 0 Å². The maximum Gasteiger partial charge on any atom is 0.334 e. The molecule has 3 aliphatic rings. The van der Waals surface area contributed by atoms with Gasteiger partial charge in [-0.15, -0.1) is 0 Å². The van der Waals surface area contributed by atoms with Crippen LogP contribution in [0.2, 0.25) is 0 Å². The largest absolute Gasteiger partial charge is 0.466 e. The van der Waals surface area contributed by atoms with E-state index in [4.69, 9.17) is 25.8 Å². The Hall–Kier alpha value is -1.10. The van der Waals surface area contributed by atoms with Gasteiger partial charge in [-0.05, 0) is 36.5 Å². The number of methoxy groups -OCH3 is 1. The van der Waals surface area contributed by atoms with E-state index in [9.17, 15) is 4.79 Å². The molecule has 3 rings (SSSR count). The van der Waals surface area contributed by atoms with Crippen molar-refractivity contribution < 1.29 is 19.0 Å². The van der Waals surface area contributed by atoms with Crippen molar-refractivity contribution in [2.75, 3.05) is 20.3 Å². The fourth-order valence-electron chi connectivity index (χ4n) is 3.21. The van der Waals surface area contributed by atoms with Crippen LogP contribution in [0.25, 0.3) is 0 Å². The van der Waals surface area contributed by atoms with Crippen molar-refractivity contribution in [3.63, 3.8) is 0 Å². The monoisotopic (exact) mass is 310 g/mol. The van der Waals surface area contributed by atoms with Crippen molar-refractivity contribution in [2.45, 2.75) is 37.9 Å². The Balaban J connectivity index is 1.94. The second kappa shape index (κ2) is 5.95. The minimum atomic E-state index is -0.629. The smallest absolute Gasteiger partial charge is 0.334 e. The molecule has 1 saturated heterocycles. The van der Waals surface area contributed by atoms with Crippen LogP contribution in [0.5, 0.6) is 0 Å². The summed E-state index contributed by atoms with van der Waals surface area (Å²) < 4.78 is 16.4. The molecule has 0 aromatic rings. The normalized spacial score (nSPS) is 24.9. The molecule has 0 radical (unpaired) electrons. The van der Waals surface area contributed by atoms with Gasteiger partial charge in [0.1, 0.15) is 0 Å². The van der Waals surface area contributed by atoms with Crippen LogP contribution in [0.4, 0.5) is 0 Å². The van der Waals surface area contributed by atoms with Gasteiger partial charge in [-0.1, -0.05) is 17.7 Å². The van der Waals surface area contributed by atoms with Gasteiger partial charge in [0, 0.05) is 23.4 Å². The highest BCUT2D eigenvalue weighted by atomic mass is 35.5. The average Bonchev–Trinajstić information content (AvgIpc) is 2.95. The van der Waals surface area contributed by atoms with Crippen LogP contribution in [0.15, 0.2) is 33.9 Å². The van der Waals surface area contributed by atoms with Crippen LogP contribution in [0.1, 0.15) is 32.1 Å². The Bertz CT molecular complexity index is 538. The highest BCUT2D eigenvalue weighted by molar-refractivity contribution is 6.29. The molecular formula is C16H19ClO4. The molecule has 114 valence electrons. The Labute approximate surface area is 129 Å². The third-order valence-corrected chi connectivity index (χ3v) is 4.61. The molecule has 0 saturated carbocycles. The summed E-state index contributed by atoms with van der Waals surface area (Å²) in [5.41, 5.74) is 2.93. The molecule has 5 heteroatoms. The lowest BCUT2D eigenvalue weighted by Crippen LogP contribution is -2.36. The van der Waals surface area contributed by atoms with Gasteiger partial charge in [0.15, 0.2) is 5.79 Å². The molecular weight excluding hydrogens is 292 g/mol. The first kappa shape index (κ1) is 14.8. The van der Waals surface area contributed by atoms with E-state index in [-0.39, 0.29) is 5.97 Å². The predicted octanol–water partition coefficient (Wildman–Crippen LogP) is 3.23. The number of ether oxygens (including phenoxy) is 3. The van der Waals surface area contributed by atoms with Crippen LogP contribution in [-0.2, 0) is 19.0 Å². The average molecular weight is 311 g/mol. The maximum absolute atomic E-state index is 12.2. The first-order chi connectivity index (χ1) is 10.1. The molecule has 2 aliphatic carbocycles. The lowest BCUT2D eigenvalue weighted by Gasteiger charge is -2.34. The van der Waals surface area contributed by atoms with E-state index >= 15 is 0 Å². The fourth-order valence-corrected chi connectivity index (χ4v) is 3.37. The first-order valence-corrected chi connectivity index (χ1v) is 7.65. The van der Waals surface area contributed by atoms with Gasteiger partial charge in [0.25, 0.3) is 0 Å². The molecule has 0 atom stereocenters.